The molecule has 1 heterocycles. The Morgan fingerprint density at radius 1 is 0.871 bits per heavy atom. The van der Waals surface area contributed by atoms with E-state index in [9.17, 15) is 23.1 Å². The Morgan fingerprint density at radius 3 is 2.16 bits per heavy atom. The molecule has 0 spiro atoms. The number of aliphatic hydroxyl groups is 1. The van der Waals surface area contributed by atoms with E-state index in [1.54, 1.807) is 60.7 Å². The third kappa shape index (κ3) is 3.80. The van der Waals surface area contributed by atoms with Crippen LogP contribution in [0.2, 0.25) is 0 Å². The number of benzene rings is 3. The van der Waals surface area contributed by atoms with Gasteiger partial charge in [0.15, 0.2) is 11.5 Å². The van der Waals surface area contributed by atoms with Crippen LogP contribution in [0.5, 0.6) is 0 Å². The summed E-state index contributed by atoms with van der Waals surface area (Å²) >= 11 is 3.29. The highest BCUT2D eigenvalue weighted by Crippen LogP contribution is 2.35. The van der Waals surface area contributed by atoms with Crippen molar-refractivity contribution >= 4 is 43.3 Å². The minimum Gasteiger partial charge on any atom is -0.505 e. The lowest BCUT2D eigenvalue weighted by molar-refractivity contribution is 0.0952. The summed E-state index contributed by atoms with van der Waals surface area (Å²) in [6, 6.07) is 20.3. The zero-order valence-electron chi connectivity index (χ0n) is 16.0. The molecule has 0 aliphatic carbocycles. The highest BCUT2D eigenvalue weighted by molar-refractivity contribution is 9.10. The summed E-state index contributed by atoms with van der Waals surface area (Å²) in [7, 11) is -4.26. The molecule has 1 aliphatic rings. The van der Waals surface area contributed by atoms with Gasteiger partial charge in [-0.3, -0.25) is 13.9 Å². The van der Waals surface area contributed by atoms with E-state index in [4.69, 9.17) is 0 Å². The number of carbonyl (C=O) groups is 2. The number of carbonyl (C=O) groups excluding carboxylic acids is 2. The van der Waals surface area contributed by atoms with Gasteiger partial charge < -0.3 is 5.11 Å². The number of sulfonamides is 1. The normalized spacial score (nSPS) is 16.5. The van der Waals surface area contributed by atoms with Gasteiger partial charge in [0.2, 0.25) is 5.78 Å². The van der Waals surface area contributed by atoms with Crippen LogP contribution in [0.4, 0.5) is 0 Å². The molecule has 0 amide bonds. The molecular formula is C23H16BrNO5S. The summed E-state index contributed by atoms with van der Waals surface area (Å²) in [5, 5.41) is 10.9. The standard InChI is InChI=1S/C23H16BrNO5S/c24-17-12-10-15(11-13-17)19(26)14-25-21(22(27)16-6-2-1-3-7-16)23(28)18-8-4-5-9-20(18)31(25,29)30/h1-13,27H,14H2/b22-21+. The second kappa shape index (κ2) is 8.13. The molecule has 0 radical (unpaired) electrons. The molecule has 6 nitrogen and oxygen atoms in total. The van der Waals surface area contributed by atoms with Crippen molar-refractivity contribution in [1.29, 1.82) is 0 Å². The van der Waals surface area contributed by atoms with E-state index in [1.165, 1.54) is 18.2 Å². The van der Waals surface area contributed by atoms with Crippen LogP contribution in [0.3, 0.4) is 0 Å². The third-order valence-corrected chi connectivity index (χ3v) is 7.22. The van der Waals surface area contributed by atoms with Crippen molar-refractivity contribution in [2.24, 2.45) is 0 Å². The zero-order valence-corrected chi connectivity index (χ0v) is 18.4. The van der Waals surface area contributed by atoms with Crippen molar-refractivity contribution in [2.45, 2.75) is 4.90 Å². The number of halogens is 1. The Morgan fingerprint density at radius 2 is 1.48 bits per heavy atom. The number of fused-ring (bicyclic) bond motifs is 1. The fourth-order valence-electron chi connectivity index (χ4n) is 3.34. The monoisotopic (exact) mass is 497 g/mol. The van der Waals surface area contributed by atoms with Gasteiger partial charge in [0, 0.05) is 21.2 Å². The van der Waals surface area contributed by atoms with Crippen LogP contribution in [0, 0.1) is 0 Å². The Bertz CT molecular complexity index is 1320. The van der Waals surface area contributed by atoms with Crippen LogP contribution >= 0.6 is 15.9 Å². The first-order chi connectivity index (χ1) is 14.8. The summed E-state index contributed by atoms with van der Waals surface area (Å²) in [6.07, 6.45) is 0. The number of rotatable bonds is 4. The second-order valence-electron chi connectivity index (χ2n) is 6.83. The van der Waals surface area contributed by atoms with Gasteiger partial charge in [-0.25, -0.2) is 8.42 Å². The molecule has 1 aliphatic heterocycles. The maximum atomic E-state index is 13.4. The Kier molecular flexibility index (Phi) is 5.51. The highest BCUT2D eigenvalue weighted by atomic mass is 79.9. The van der Waals surface area contributed by atoms with Gasteiger partial charge in [-0.05, 0) is 24.3 Å². The minimum absolute atomic E-state index is 0.0488. The van der Waals surface area contributed by atoms with Gasteiger partial charge in [0.05, 0.1) is 11.4 Å². The van der Waals surface area contributed by atoms with Gasteiger partial charge in [-0.15, -0.1) is 0 Å². The molecule has 0 fully saturated rings. The minimum atomic E-state index is -4.26. The molecule has 156 valence electrons. The molecule has 0 atom stereocenters. The molecule has 3 aromatic carbocycles. The van der Waals surface area contributed by atoms with Crippen molar-refractivity contribution in [1.82, 2.24) is 4.31 Å². The van der Waals surface area contributed by atoms with Gasteiger partial charge >= 0.3 is 0 Å². The molecule has 0 saturated carbocycles. The molecule has 8 heteroatoms. The quantitative estimate of drug-likeness (QED) is 0.326. The van der Waals surface area contributed by atoms with Crippen LogP contribution < -0.4 is 0 Å². The Hall–Kier alpha value is -3.23. The van der Waals surface area contributed by atoms with Crippen LogP contribution in [-0.2, 0) is 10.0 Å². The van der Waals surface area contributed by atoms with Gasteiger partial charge in [0.1, 0.15) is 5.70 Å². The number of hydrogen-bond donors (Lipinski definition) is 1. The molecule has 0 unspecified atom stereocenters. The maximum Gasteiger partial charge on any atom is 0.265 e. The maximum absolute atomic E-state index is 13.4. The predicted octanol–water partition coefficient (Wildman–Crippen LogP) is 4.45. The van der Waals surface area contributed by atoms with Crippen LogP contribution in [0.1, 0.15) is 26.3 Å². The molecule has 0 saturated heterocycles. The summed E-state index contributed by atoms with van der Waals surface area (Å²) in [5.74, 6) is -1.69. The van der Waals surface area contributed by atoms with E-state index in [2.05, 4.69) is 15.9 Å². The third-order valence-electron chi connectivity index (χ3n) is 4.89. The first-order valence-electron chi connectivity index (χ1n) is 9.24. The Balaban J connectivity index is 1.89. The molecule has 0 aromatic heterocycles. The zero-order chi connectivity index (χ0) is 22.2. The fraction of sp³-hybridized carbons (Fsp3) is 0.0435. The van der Waals surface area contributed by atoms with E-state index < -0.39 is 39.6 Å². The number of ketones is 2. The van der Waals surface area contributed by atoms with Crippen LogP contribution in [0.25, 0.3) is 5.76 Å². The molecule has 31 heavy (non-hydrogen) atoms. The topological polar surface area (TPSA) is 91.8 Å². The summed E-state index contributed by atoms with van der Waals surface area (Å²) < 4.78 is 28.2. The fourth-order valence-corrected chi connectivity index (χ4v) is 5.23. The first-order valence-corrected chi connectivity index (χ1v) is 11.5. The SMILES string of the molecule is O=C(CN1/C(=C(/O)c2ccccc2)C(=O)c2ccccc2S1(=O)=O)c1ccc(Br)cc1. The van der Waals surface area contributed by atoms with Gasteiger partial charge in [-0.1, -0.05) is 70.5 Å². The smallest absolute Gasteiger partial charge is 0.265 e. The van der Waals surface area contributed by atoms with E-state index in [1.807, 2.05) is 0 Å². The average molecular weight is 498 g/mol. The van der Waals surface area contributed by atoms with Crippen molar-refractivity contribution in [2.75, 3.05) is 6.54 Å². The van der Waals surface area contributed by atoms with Gasteiger partial charge in [0.25, 0.3) is 10.0 Å². The van der Waals surface area contributed by atoms with E-state index in [0.29, 0.717) is 4.31 Å². The highest BCUT2D eigenvalue weighted by Gasteiger charge is 2.42. The average Bonchev–Trinajstić information content (AvgIpc) is 2.78. The van der Waals surface area contributed by atoms with Crippen molar-refractivity contribution in [3.05, 3.63) is 106 Å². The van der Waals surface area contributed by atoms with Crippen molar-refractivity contribution in [3.63, 3.8) is 0 Å². The van der Waals surface area contributed by atoms with Crippen LogP contribution in [0.15, 0.2) is 93.9 Å². The van der Waals surface area contributed by atoms with Crippen LogP contribution in [-0.4, -0.2) is 35.9 Å². The van der Waals surface area contributed by atoms with E-state index in [-0.39, 0.29) is 21.6 Å². The number of hydrogen-bond acceptors (Lipinski definition) is 5. The molecule has 3 aromatic rings. The number of Topliss-reactive ketones (excluding diaryl/α,β-unsaturated/α-hetero) is 2. The number of nitrogens with zero attached hydrogens (tertiary/aromatic N) is 1. The lowest BCUT2D eigenvalue weighted by atomic mass is 10.0. The lowest BCUT2D eigenvalue weighted by Crippen LogP contribution is -2.42. The Labute approximate surface area is 187 Å². The van der Waals surface area contributed by atoms with Crippen molar-refractivity contribution < 1.29 is 23.1 Å². The predicted molar refractivity (Wildman–Crippen MR) is 119 cm³/mol. The largest absolute Gasteiger partial charge is 0.505 e. The summed E-state index contributed by atoms with van der Waals surface area (Å²) in [5.41, 5.74) is 0.0486. The summed E-state index contributed by atoms with van der Waals surface area (Å²) in [6.45, 7) is -0.629. The second-order valence-corrected chi connectivity index (χ2v) is 9.58. The van der Waals surface area contributed by atoms with Gasteiger partial charge in [-0.2, -0.15) is 0 Å². The number of allylic oxidation sites excluding steroid dienone is 1. The molecule has 4 rings (SSSR count). The van der Waals surface area contributed by atoms with Crippen molar-refractivity contribution in [3.8, 4) is 0 Å². The van der Waals surface area contributed by atoms with E-state index in [0.717, 1.165) is 4.47 Å². The molecule has 0 bridgehead atoms. The first kappa shape index (κ1) is 21.0. The molecular weight excluding hydrogens is 482 g/mol. The lowest BCUT2D eigenvalue weighted by Gasteiger charge is -2.31. The van der Waals surface area contributed by atoms with E-state index >= 15 is 0 Å². The molecule has 1 N–H and O–H groups in total. The summed E-state index contributed by atoms with van der Waals surface area (Å²) in [4.78, 5) is 25.9. The number of aliphatic hydroxyl groups excluding tert-OH is 1.